The van der Waals surface area contributed by atoms with Crippen molar-refractivity contribution in [1.82, 2.24) is 0 Å². The number of rotatable bonds is 1. The van der Waals surface area contributed by atoms with E-state index in [0.717, 1.165) is 5.30 Å². The van der Waals surface area contributed by atoms with Crippen molar-refractivity contribution in [3.8, 4) is 0 Å². The van der Waals surface area contributed by atoms with Crippen LogP contribution in [0.1, 0.15) is 0 Å². The van der Waals surface area contributed by atoms with Gasteiger partial charge >= 0.3 is 0 Å². The van der Waals surface area contributed by atoms with E-state index in [4.69, 9.17) is 0 Å². The van der Waals surface area contributed by atoms with E-state index in [0.29, 0.717) is 0 Å². The fourth-order valence-electron chi connectivity index (χ4n) is 1.38. The topological polar surface area (TPSA) is 20.2 Å². The molecule has 0 aliphatic rings. The molecule has 1 unspecified atom stereocenters. The van der Waals surface area contributed by atoms with Gasteiger partial charge in [-0.15, -0.1) is 0 Å². The van der Waals surface area contributed by atoms with E-state index in [1.54, 1.807) is 0 Å². The Bertz CT molecular complexity index is 423. The maximum absolute atomic E-state index is 9.45. The van der Waals surface area contributed by atoms with E-state index >= 15 is 0 Å². The van der Waals surface area contributed by atoms with Gasteiger partial charge in [-0.05, 0) is 23.5 Å². The van der Waals surface area contributed by atoms with Crippen molar-refractivity contribution in [3.63, 3.8) is 0 Å². The smallest absolute Gasteiger partial charge is 0.0531 e. The van der Waals surface area contributed by atoms with Crippen LogP contribution in [-0.2, 0) is 0 Å². The Labute approximate surface area is 78.9 Å². The Hall–Kier alpha value is -0.910. The zero-order valence-corrected chi connectivity index (χ0v) is 8.33. The number of hydrogen-bond acceptors (Lipinski definition) is 1. The Kier molecular flexibility index (Phi) is 2.30. The molecule has 0 aromatic heterocycles. The van der Waals surface area contributed by atoms with Crippen molar-refractivity contribution in [3.05, 3.63) is 42.5 Å². The van der Waals surface area contributed by atoms with Crippen molar-refractivity contribution in [1.29, 1.82) is 0 Å². The molecule has 0 bridgehead atoms. The molecule has 2 heteroatoms. The largest absolute Gasteiger partial charge is 0.369 e. The third kappa shape index (κ3) is 1.72. The van der Waals surface area contributed by atoms with Crippen LogP contribution in [0.15, 0.2) is 42.5 Å². The summed E-state index contributed by atoms with van der Waals surface area (Å²) >= 11 is 0. The Balaban J connectivity index is 2.62. The van der Waals surface area contributed by atoms with Gasteiger partial charge in [0, 0.05) is 5.30 Å². The van der Waals surface area contributed by atoms with Crippen molar-refractivity contribution in [2.45, 2.75) is 0 Å². The van der Waals surface area contributed by atoms with Gasteiger partial charge < -0.3 is 4.89 Å². The summed E-state index contributed by atoms with van der Waals surface area (Å²) in [5, 5.41) is 3.46. The molecule has 1 atom stereocenters. The molecule has 0 aliphatic carbocycles. The molecule has 0 saturated carbocycles. The summed E-state index contributed by atoms with van der Waals surface area (Å²) in [6.07, 6.45) is 0. The van der Waals surface area contributed by atoms with Crippen LogP contribution in [0.2, 0.25) is 0 Å². The lowest BCUT2D eigenvalue weighted by molar-refractivity contribution is 0.641. The van der Waals surface area contributed by atoms with Gasteiger partial charge in [0.25, 0.3) is 0 Å². The van der Waals surface area contributed by atoms with Crippen molar-refractivity contribution in [2.24, 2.45) is 0 Å². The maximum Gasteiger partial charge on any atom is 0.0531 e. The summed E-state index contributed by atoms with van der Waals surface area (Å²) < 4.78 is 0. The zero-order valence-electron chi connectivity index (χ0n) is 7.44. The minimum atomic E-state index is -0.969. The SMILES string of the molecule is CP(O)c1ccc2ccccc2c1. The molecule has 0 aliphatic heterocycles. The predicted molar refractivity (Wildman–Crippen MR) is 58.6 cm³/mol. The van der Waals surface area contributed by atoms with Crippen LogP contribution in [0.4, 0.5) is 0 Å². The number of benzene rings is 2. The van der Waals surface area contributed by atoms with Crippen molar-refractivity contribution in [2.75, 3.05) is 6.66 Å². The average molecular weight is 190 g/mol. The van der Waals surface area contributed by atoms with Crippen LogP contribution in [0, 0.1) is 0 Å². The van der Waals surface area contributed by atoms with Gasteiger partial charge in [-0.25, -0.2) is 0 Å². The molecule has 0 spiro atoms. The van der Waals surface area contributed by atoms with Gasteiger partial charge in [0.2, 0.25) is 0 Å². The molecule has 1 N–H and O–H groups in total. The molecule has 0 radical (unpaired) electrons. The molecule has 0 heterocycles. The van der Waals surface area contributed by atoms with E-state index in [1.165, 1.54) is 10.8 Å². The fraction of sp³-hybridized carbons (Fsp3) is 0.0909. The number of fused-ring (bicyclic) bond motifs is 1. The third-order valence-electron chi connectivity index (χ3n) is 2.11. The summed E-state index contributed by atoms with van der Waals surface area (Å²) in [6, 6.07) is 14.3. The highest BCUT2D eigenvalue weighted by molar-refractivity contribution is 7.59. The molecule has 2 aromatic rings. The van der Waals surface area contributed by atoms with Crippen LogP contribution in [-0.4, -0.2) is 11.6 Å². The van der Waals surface area contributed by atoms with Gasteiger partial charge in [-0.2, -0.15) is 0 Å². The second kappa shape index (κ2) is 3.45. The lowest BCUT2D eigenvalue weighted by atomic mass is 10.1. The monoisotopic (exact) mass is 190 g/mol. The quantitative estimate of drug-likeness (QED) is 0.685. The fourth-order valence-corrected chi connectivity index (χ4v) is 1.99. The predicted octanol–water partition coefficient (Wildman–Crippen LogP) is 2.48. The van der Waals surface area contributed by atoms with E-state index in [2.05, 4.69) is 24.3 Å². The molecule has 2 rings (SSSR count). The standard InChI is InChI=1S/C11H11OP/c1-13(12)11-7-6-9-4-2-3-5-10(9)8-11/h2-8,12H,1H3. The zero-order chi connectivity index (χ0) is 9.26. The maximum atomic E-state index is 9.45. The van der Waals surface area contributed by atoms with Gasteiger partial charge in [0.15, 0.2) is 0 Å². The van der Waals surface area contributed by atoms with E-state index in [9.17, 15) is 4.89 Å². The van der Waals surface area contributed by atoms with Crippen LogP contribution in [0.5, 0.6) is 0 Å². The highest BCUT2D eigenvalue weighted by Crippen LogP contribution is 2.24. The number of hydrogen-bond donors (Lipinski definition) is 1. The summed E-state index contributed by atoms with van der Waals surface area (Å²) in [5.41, 5.74) is 0. The second-order valence-corrected chi connectivity index (χ2v) is 4.62. The normalized spacial score (nSPS) is 13.1. The lowest BCUT2D eigenvalue weighted by Crippen LogP contribution is -1.97. The first-order valence-corrected chi connectivity index (χ1v) is 5.93. The highest BCUT2D eigenvalue weighted by Gasteiger charge is 2.00. The minimum absolute atomic E-state index is 0.969. The first kappa shape index (κ1) is 8.68. The molecule has 0 amide bonds. The Morgan fingerprint density at radius 3 is 2.38 bits per heavy atom. The van der Waals surface area contributed by atoms with Crippen molar-refractivity contribution >= 4 is 24.2 Å². The van der Waals surface area contributed by atoms with Crippen LogP contribution in [0.3, 0.4) is 0 Å². The summed E-state index contributed by atoms with van der Waals surface area (Å²) in [6.45, 7) is 1.85. The minimum Gasteiger partial charge on any atom is -0.369 e. The Morgan fingerprint density at radius 2 is 1.69 bits per heavy atom. The highest BCUT2D eigenvalue weighted by atomic mass is 31.1. The molecule has 1 nitrogen and oxygen atoms in total. The van der Waals surface area contributed by atoms with Crippen LogP contribution in [0.25, 0.3) is 10.8 Å². The summed E-state index contributed by atoms with van der Waals surface area (Å²) in [4.78, 5) is 9.45. The second-order valence-electron chi connectivity index (χ2n) is 3.06. The molecule has 2 aromatic carbocycles. The van der Waals surface area contributed by atoms with Gasteiger partial charge in [-0.1, -0.05) is 36.4 Å². The van der Waals surface area contributed by atoms with Gasteiger partial charge in [-0.3, -0.25) is 0 Å². The van der Waals surface area contributed by atoms with Crippen LogP contribution >= 0.6 is 8.15 Å². The Morgan fingerprint density at radius 1 is 1.00 bits per heavy atom. The molecular weight excluding hydrogens is 179 g/mol. The van der Waals surface area contributed by atoms with E-state index in [1.807, 2.05) is 24.9 Å². The molecular formula is C11H11OP. The van der Waals surface area contributed by atoms with E-state index in [-0.39, 0.29) is 0 Å². The molecule has 0 fully saturated rings. The van der Waals surface area contributed by atoms with E-state index < -0.39 is 8.15 Å². The summed E-state index contributed by atoms with van der Waals surface area (Å²) in [5.74, 6) is 0. The van der Waals surface area contributed by atoms with Crippen molar-refractivity contribution < 1.29 is 4.89 Å². The van der Waals surface area contributed by atoms with Gasteiger partial charge in [0.05, 0.1) is 8.15 Å². The first-order valence-electron chi connectivity index (χ1n) is 4.19. The molecule has 66 valence electrons. The first-order chi connectivity index (χ1) is 6.27. The van der Waals surface area contributed by atoms with Crippen LogP contribution < -0.4 is 5.30 Å². The average Bonchev–Trinajstić information content (AvgIpc) is 2.17. The lowest BCUT2D eigenvalue weighted by Gasteiger charge is -2.05. The third-order valence-corrected chi connectivity index (χ3v) is 3.13. The van der Waals surface area contributed by atoms with Gasteiger partial charge in [0.1, 0.15) is 0 Å². The summed E-state index contributed by atoms with van der Waals surface area (Å²) in [7, 11) is -0.969. The molecule has 0 saturated heterocycles. The molecule has 13 heavy (non-hydrogen) atoms.